The molecule has 1 heterocycles. The van der Waals surface area contributed by atoms with Crippen LogP contribution in [0.4, 0.5) is 0 Å². The molecule has 1 fully saturated rings. The van der Waals surface area contributed by atoms with E-state index >= 15 is 0 Å². The van der Waals surface area contributed by atoms with Crippen LogP contribution in [0.2, 0.25) is 0 Å². The number of hydrogen-bond donors (Lipinski definition) is 0. The van der Waals surface area contributed by atoms with E-state index in [0.717, 1.165) is 11.1 Å². The van der Waals surface area contributed by atoms with E-state index in [9.17, 15) is 19.2 Å². The maximum absolute atomic E-state index is 13.2. The molecule has 0 aliphatic carbocycles. The third-order valence-electron chi connectivity index (χ3n) is 7.21. The van der Waals surface area contributed by atoms with Crippen molar-refractivity contribution in [2.75, 3.05) is 52.6 Å². The summed E-state index contributed by atoms with van der Waals surface area (Å²) in [5.41, 5.74) is 1.57. The van der Waals surface area contributed by atoms with Crippen molar-refractivity contribution >= 4 is 23.9 Å². The first-order valence-corrected chi connectivity index (χ1v) is 14.6. The maximum Gasteiger partial charge on any atom is 0.322 e. The minimum Gasteiger partial charge on any atom is -0.465 e. The lowest BCUT2D eigenvalue weighted by Gasteiger charge is -2.44. The molecule has 42 heavy (non-hydrogen) atoms. The van der Waals surface area contributed by atoms with Crippen LogP contribution in [0.5, 0.6) is 0 Å². The van der Waals surface area contributed by atoms with E-state index in [-0.39, 0.29) is 26.4 Å². The molecule has 0 amide bonds. The molecule has 0 saturated carbocycles. The minimum absolute atomic E-state index is 0.131. The summed E-state index contributed by atoms with van der Waals surface area (Å²) in [5.74, 6) is -4.93. The Morgan fingerprint density at radius 1 is 0.524 bits per heavy atom. The molecule has 0 aromatic heterocycles. The number of benzene rings is 2. The van der Waals surface area contributed by atoms with E-state index in [4.69, 9.17) is 18.9 Å². The molecule has 1 aliphatic heterocycles. The monoisotopic (exact) mass is 582 g/mol. The molecule has 0 spiro atoms. The molecule has 10 heteroatoms. The Morgan fingerprint density at radius 2 is 0.786 bits per heavy atom. The first-order valence-electron chi connectivity index (χ1n) is 14.6. The number of carbonyl (C=O) groups is 4. The van der Waals surface area contributed by atoms with Crippen LogP contribution in [0.25, 0.3) is 0 Å². The highest BCUT2D eigenvalue weighted by atomic mass is 16.6. The number of rotatable bonds is 14. The van der Waals surface area contributed by atoms with Gasteiger partial charge in [0.1, 0.15) is 0 Å². The van der Waals surface area contributed by atoms with Gasteiger partial charge in [-0.3, -0.25) is 29.0 Å². The molecule has 2 aromatic rings. The first-order chi connectivity index (χ1) is 20.4. The smallest absolute Gasteiger partial charge is 0.322 e. The SMILES string of the molecule is CCOC(=O)C(C(=O)OCC)[C@@H](c1ccccc1)N1CCN([C@@H](c2ccccc2)C(C(=O)OCC)C(=O)OCC)CC1. The molecule has 0 radical (unpaired) electrons. The van der Waals surface area contributed by atoms with Gasteiger partial charge in [0.15, 0.2) is 11.8 Å². The lowest BCUT2D eigenvalue weighted by molar-refractivity contribution is -0.169. The van der Waals surface area contributed by atoms with Crippen LogP contribution < -0.4 is 0 Å². The Bertz CT molecular complexity index is 1020. The quantitative estimate of drug-likeness (QED) is 0.186. The highest BCUT2D eigenvalue weighted by molar-refractivity contribution is 5.96. The largest absolute Gasteiger partial charge is 0.465 e. The molecule has 1 saturated heterocycles. The second-order valence-electron chi connectivity index (χ2n) is 9.75. The molecular formula is C32H42N2O8. The van der Waals surface area contributed by atoms with Crippen molar-refractivity contribution in [1.29, 1.82) is 0 Å². The van der Waals surface area contributed by atoms with Gasteiger partial charge in [-0.2, -0.15) is 0 Å². The predicted molar refractivity (Wildman–Crippen MR) is 155 cm³/mol. The van der Waals surface area contributed by atoms with E-state index < -0.39 is 47.8 Å². The summed E-state index contributed by atoms with van der Waals surface area (Å²) >= 11 is 0. The lowest BCUT2D eigenvalue weighted by Crippen LogP contribution is -2.54. The fourth-order valence-electron chi connectivity index (χ4n) is 5.46. The Morgan fingerprint density at radius 3 is 1.02 bits per heavy atom. The summed E-state index contributed by atoms with van der Waals surface area (Å²) < 4.78 is 21.3. The Kier molecular flexibility index (Phi) is 13.0. The van der Waals surface area contributed by atoms with Gasteiger partial charge in [-0.25, -0.2) is 0 Å². The summed E-state index contributed by atoms with van der Waals surface area (Å²) in [6.45, 7) is 9.08. The number of ether oxygens (including phenoxy) is 4. The van der Waals surface area contributed by atoms with Crippen LogP contribution in [0.15, 0.2) is 60.7 Å². The van der Waals surface area contributed by atoms with Gasteiger partial charge in [-0.05, 0) is 38.8 Å². The molecule has 1 aliphatic rings. The van der Waals surface area contributed by atoms with Gasteiger partial charge in [-0.1, -0.05) is 60.7 Å². The van der Waals surface area contributed by atoms with Crippen LogP contribution in [0, 0.1) is 11.8 Å². The second kappa shape index (κ2) is 16.6. The van der Waals surface area contributed by atoms with Crippen molar-refractivity contribution in [3.05, 3.63) is 71.8 Å². The van der Waals surface area contributed by atoms with E-state index in [1.54, 1.807) is 27.7 Å². The van der Waals surface area contributed by atoms with Crippen LogP contribution in [0.3, 0.4) is 0 Å². The molecule has 228 valence electrons. The van der Waals surface area contributed by atoms with E-state index in [0.29, 0.717) is 26.2 Å². The van der Waals surface area contributed by atoms with Crippen LogP contribution in [-0.4, -0.2) is 86.3 Å². The van der Waals surface area contributed by atoms with E-state index in [2.05, 4.69) is 9.80 Å². The zero-order valence-corrected chi connectivity index (χ0v) is 24.9. The van der Waals surface area contributed by atoms with Crippen molar-refractivity contribution in [1.82, 2.24) is 9.80 Å². The molecule has 2 aromatic carbocycles. The normalized spacial score (nSPS) is 15.6. The van der Waals surface area contributed by atoms with E-state index in [1.165, 1.54) is 0 Å². The fourth-order valence-corrected chi connectivity index (χ4v) is 5.46. The summed E-state index contributed by atoms with van der Waals surface area (Å²) in [7, 11) is 0. The number of esters is 4. The Balaban J connectivity index is 1.97. The zero-order valence-electron chi connectivity index (χ0n) is 24.9. The standard InChI is InChI=1S/C32H42N2O8/c1-5-39-29(35)25(30(36)40-6-2)27(23-15-11-9-12-16-23)33-19-21-34(22-20-33)28(24-17-13-10-14-18-24)26(31(37)41-7-3)32(38)42-8-4/h9-18,25-28H,5-8,19-22H2,1-4H3/t27-,28+. The Labute approximate surface area is 247 Å². The van der Waals surface area contributed by atoms with Crippen LogP contribution in [0.1, 0.15) is 50.9 Å². The lowest BCUT2D eigenvalue weighted by atomic mass is 9.89. The average Bonchev–Trinajstić information content (AvgIpc) is 3.00. The summed E-state index contributed by atoms with van der Waals surface area (Å²) in [6.07, 6.45) is 0. The summed E-state index contributed by atoms with van der Waals surface area (Å²) in [5, 5.41) is 0. The highest BCUT2D eigenvalue weighted by Gasteiger charge is 2.46. The molecule has 2 atom stereocenters. The number of piperazine rings is 1. The number of nitrogens with zero attached hydrogens (tertiary/aromatic N) is 2. The van der Waals surface area contributed by atoms with Crippen LogP contribution >= 0.6 is 0 Å². The van der Waals surface area contributed by atoms with Gasteiger partial charge in [0.05, 0.1) is 38.5 Å². The fraction of sp³-hybridized carbons (Fsp3) is 0.500. The van der Waals surface area contributed by atoms with Gasteiger partial charge < -0.3 is 18.9 Å². The van der Waals surface area contributed by atoms with E-state index in [1.807, 2.05) is 60.7 Å². The summed E-state index contributed by atoms with van der Waals surface area (Å²) in [4.78, 5) is 56.8. The highest BCUT2D eigenvalue weighted by Crippen LogP contribution is 2.36. The average molecular weight is 583 g/mol. The van der Waals surface area contributed by atoms with Crippen molar-refractivity contribution in [3.8, 4) is 0 Å². The summed E-state index contributed by atoms with van der Waals surface area (Å²) in [6, 6.07) is 17.5. The maximum atomic E-state index is 13.2. The predicted octanol–water partition coefficient (Wildman–Crippen LogP) is 3.57. The van der Waals surface area contributed by atoms with Crippen molar-refractivity contribution < 1.29 is 38.1 Å². The first kappa shape index (κ1) is 32.8. The molecule has 10 nitrogen and oxygen atoms in total. The van der Waals surface area contributed by atoms with Crippen molar-refractivity contribution in [2.24, 2.45) is 11.8 Å². The molecule has 0 bridgehead atoms. The van der Waals surface area contributed by atoms with Crippen LogP contribution in [-0.2, 0) is 38.1 Å². The van der Waals surface area contributed by atoms with Gasteiger partial charge >= 0.3 is 23.9 Å². The van der Waals surface area contributed by atoms with Crippen molar-refractivity contribution in [2.45, 2.75) is 39.8 Å². The topological polar surface area (TPSA) is 112 Å². The number of hydrogen-bond acceptors (Lipinski definition) is 10. The zero-order chi connectivity index (χ0) is 30.5. The number of carbonyl (C=O) groups excluding carboxylic acids is 4. The third-order valence-corrected chi connectivity index (χ3v) is 7.21. The molecule has 0 unspecified atom stereocenters. The molecular weight excluding hydrogens is 540 g/mol. The third kappa shape index (κ3) is 8.17. The Hall–Kier alpha value is -3.76. The molecule has 3 rings (SSSR count). The minimum atomic E-state index is -1.18. The van der Waals surface area contributed by atoms with Crippen molar-refractivity contribution in [3.63, 3.8) is 0 Å². The van der Waals surface area contributed by atoms with Gasteiger partial charge in [-0.15, -0.1) is 0 Å². The van der Waals surface area contributed by atoms with Gasteiger partial charge in [0, 0.05) is 26.2 Å². The molecule has 0 N–H and O–H groups in total. The van der Waals surface area contributed by atoms with Gasteiger partial charge in [0.2, 0.25) is 0 Å². The second-order valence-corrected chi connectivity index (χ2v) is 9.75. The van der Waals surface area contributed by atoms with Gasteiger partial charge in [0.25, 0.3) is 0 Å².